The van der Waals surface area contributed by atoms with Gasteiger partial charge in [0, 0.05) is 13.0 Å². The maximum atomic E-state index is 12.9. The average Bonchev–Trinajstić information content (AvgIpc) is 3.38. The summed E-state index contributed by atoms with van der Waals surface area (Å²) in [7, 11) is 0. The molecule has 8 nitrogen and oxygen atoms in total. The van der Waals surface area contributed by atoms with E-state index in [1.54, 1.807) is 66.4 Å². The Morgan fingerprint density at radius 2 is 1.58 bits per heavy atom. The maximum absolute atomic E-state index is 12.9. The van der Waals surface area contributed by atoms with E-state index in [2.05, 4.69) is 0 Å². The first-order chi connectivity index (χ1) is 17.4. The first-order valence-corrected chi connectivity index (χ1v) is 11.7. The molecule has 1 fully saturated rings. The third kappa shape index (κ3) is 4.00. The lowest BCUT2D eigenvalue weighted by atomic mass is 10.1. The summed E-state index contributed by atoms with van der Waals surface area (Å²) in [6.45, 7) is 4.25. The van der Waals surface area contributed by atoms with Gasteiger partial charge < -0.3 is 14.4 Å². The Hall–Kier alpha value is -4.46. The van der Waals surface area contributed by atoms with Crippen LogP contribution in [0.25, 0.3) is 0 Å². The number of hydrogen-bond acceptors (Lipinski definition) is 6. The van der Waals surface area contributed by atoms with E-state index in [1.807, 2.05) is 19.1 Å². The minimum Gasteiger partial charge on any atom is -0.492 e. The summed E-state index contributed by atoms with van der Waals surface area (Å²) in [6.07, 6.45) is 0.0331. The summed E-state index contributed by atoms with van der Waals surface area (Å²) in [5, 5.41) is 0. The van der Waals surface area contributed by atoms with E-state index >= 15 is 0 Å². The van der Waals surface area contributed by atoms with Crippen LogP contribution in [-0.2, 0) is 9.59 Å². The lowest BCUT2D eigenvalue weighted by Crippen LogP contribution is -2.30. The van der Waals surface area contributed by atoms with Crippen LogP contribution >= 0.6 is 0 Å². The molecule has 3 aromatic carbocycles. The van der Waals surface area contributed by atoms with Crippen molar-refractivity contribution in [2.75, 3.05) is 23.0 Å². The Morgan fingerprint density at radius 1 is 0.917 bits per heavy atom. The fourth-order valence-corrected chi connectivity index (χ4v) is 4.61. The topological polar surface area (TPSA) is 93.2 Å². The van der Waals surface area contributed by atoms with Crippen molar-refractivity contribution >= 4 is 35.1 Å². The monoisotopic (exact) mass is 484 g/mol. The molecule has 36 heavy (non-hydrogen) atoms. The average molecular weight is 485 g/mol. The summed E-state index contributed by atoms with van der Waals surface area (Å²) < 4.78 is 11.2. The van der Waals surface area contributed by atoms with Crippen LogP contribution in [0.5, 0.6) is 11.5 Å². The van der Waals surface area contributed by atoms with E-state index in [0.717, 1.165) is 4.90 Å². The van der Waals surface area contributed by atoms with Crippen LogP contribution in [0.1, 0.15) is 39.6 Å². The number of para-hydroxylation sites is 2. The second kappa shape index (κ2) is 9.30. The molecule has 0 N–H and O–H groups in total. The zero-order valence-electron chi connectivity index (χ0n) is 19.9. The molecule has 1 atom stereocenters. The fraction of sp³-hybridized carbons (Fsp3) is 0.214. The van der Waals surface area contributed by atoms with Gasteiger partial charge in [0.15, 0.2) is 0 Å². The maximum Gasteiger partial charge on any atom is 0.316 e. The molecule has 2 heterocycles. The van der Waals surface area contributed by atoms with Crippen molar-refractivity contribution in [1.82, 2.24) is 0 Å². The van der Waals surface area contributed by atoms with Crippen LogP contribution in [-0.4, -0.2) is 36.8 Å². The van der Waals surface area contributed by atoms with Gasteiger partial charge in [0.1, 0.15) is 11.5 Å². The molecule has 3 aromatic rings. The predicted octanol–water partition coefficient (Wildman–Crippen LogP) is 4.15. The number of nitrogens with zero attached hydrogens (tertiary/aromatic N) is 2. The molecule has 0 bridgehead atoms. The number of amides is 3. The molecule has 0 aromatic heterocycles. The number of esters is 1. The number of imide groups is 1. The Bertz CT molecular complexity index is 1360. The van der Waals surface area contributed by atoms with E-state index < -0.39 is 11.9 Å². The number of fused-ring (bicyclic) bond motifs is 1. The van der Waals surface area contributed by atoms with Crippen molar-refractivity contribution in [3.63, 3.8) is 0 Å². The minimum absolute atomic E-state index is 0.0331. The van der Waals surface area contributed by atoms with Crippen molar-refractivity contribution in [2.45, 2.75) is 20.3 Å². The smallest absolute Gasteiger partial charge is 0.316 e. The summed E-state index contributed by atoms with van der Waals surface area (Å²) >= 11 is 0. The standard InChI is InChI=1S/C28H24N2O6/c1-3-35-24-11-7-6-10-23(24)29-16-18(15-25(29)31)28(34)36-19-12-13-22(17(2)14-19)30-26(32)20-8-4-5-9-21(20)27(30)33/h4-14,18H,3,15-16H2,1-2H3/t18-/m1/s1. The SMILES string of the molecule is CCOc1ccccc1N1C[C@H](C(=O)Oc2ccc(N3C(=O)c4ccccc4C3=O)c(C)c2)CC1=O. The molecule has 1 saturated heterocycles. The Kier molecular flexibility index (Phi) is 6.01. The third-order valence-electron chi connectivity index (χ3n) is 6.34. The molecule has 5 rings (SSSR count). The molecule has 0 saturated carbocycles. The Labute approximate surface area is 208 Å². The highest BCUT2D eigenvalue weighted by molar-refractivity contribution is 6.34. The molecule has 2 aliphatic rings. The number of benzene rings is 3. The van der Waals surface area contributed by atoms with Gasteiger partial charge >= 0.3 is 5.97 Å². The summed E-state index contributed by atoms with van der Waals surface area (Å²) in [4.78, 5) is 53.9. The largest absolute Gasteiger partial charge is 0.492 e. The van der Waals surface area contributed by atoms with Crippen LogP contribution in [0, 0.1) is 12.8 Å². The predicted molar refractivity (Wildman–Crippen MR) is 132 cm³/mol. The van der Waals surface area contributed by atoms with E-state index in [4.69, 9.17) is 9.47 Å². The first-order valence-electron chi connectivity index (χ1n) is 11.7. The number of rotatable bonds is 6. The van der Waals surface area contributed by atoms with Gasteiger partial charge in [-0.25, -0.2) is 4.90 Å². The molecule has 8 heteroatoms. The quantitative estimate of drug-likeness (QED) is 0.296. The van der Waals surface area contributed by atoms with Gasteiger partial charge in [0.2, 0.25) is 5.91 Å². The van der Waals surface area contributed by atoms with Gasteiger partial charge in [-0.3, -0.25) is 19.2 Å². The fourth-order valence-electron chi connectivity index (χ4n) is 4.61. The minimum atomic E-state index is -0.636. The zero-order valence-corrected chi connectivity index (χ0v) is 19.9. The normalized spacial score (nSPS) is 16.9. The van der Waals surface area contributed by atoms with Crippen LogP contribution in [0.15, 0.2) is 66.7 Å². The lowest BCUT2D eigenvalue weighted by molar-refractivity contribution is -0.139. The molecule has 0 unspecified atom stereocenters. The highest BCUT2D eigenvalue weighted by Crippen LogP contribution is 2.35. The number of aryl methyl sites for hydroxylation is 1. The summed E-state index contributed by atoms with van der Waals surface area (Å²) in [5.41, 5.74) is 2.37. The van der Waals surface area contributed by atoms with Crippen molar-refractivity contribution in [1.29, 1.82) is 0 Å². The number of anilines is 2. The van der Waals surface area contributed by atoms with Crippen LogP contribution in [0.4, 0.5) is 11.4 Å². The van der Waals surface area contributed by atoms with Crippen molar-refractivity contribution in [3.05, 3.63) is 83.4 Å². The molecule has 0 radical (unpaired) electrons. The number of carbonyl (C=O) groups excluding carboxylic acids is 4. The van der Waals surface area contributed by atoms with E-state index in [-0.39, 0.29) is 36.4 Å². The molecule has 3 amide bonds. The van der Waals surface area contributed by atoms with Gasteiger partial charge in [0.25, 0.3) is 11.8 Å². The number of ether oxygens (including phenoxy) is 2. The molecular formula is C28H24N2O6. The van der Waals surface area contributed by atoms with Gasteiger partial charge in [-0.05, 0) is 61.9 Å². The molecule has 2 aliphatic heterocycles. The second-order valence-corrected chi connectivity index (χ2v) is 8.67. The van der Waals surface area contributed by atoms with E-state index in [1.165, 1.54) is 0 Å². The molecular weight excluding hydrogens is 460 g/mol. The Balaban J connectivity index is 1.30. The summed E-state index contributed by atoms with van der Waals surface area (Å²) in [6, 6.07) is 18.6. The van der Waals surface area contributed by atoms with Gasteiger partial charge in [-0.1, -0.05) is 24.3 Å². The highest BCUT2D eigenvalue weighted by atomic mass is 16.5. The molecule has 0 spiro atoms. The van der Waals surface area contributed by atoms with Crippen LogP contribution in [0.3, 0.4) is 0 Å². The second-order valence-electron chi connectivity index (χ2n) is 8.67. The van der Waals surface area contributed by atoms with Crippen molar-refractivity contribution in [3.8, 4) is 11.5 Å². The number of carbonyl (C=O) groups is 4. The lowest BCUT2D eigenvalue weighted by Gasteiger charge is -2.20. The van der Waals surface area contributed by atoms with Crippen molar-refractivity contribution < 1.29 is 28.7 Å². The molecule has 182 valence electrons. The summed E-state index contributed by atoms with van der Waals surface area (Å²) in [5.74, 6) is -1.25. The van der Waals surface area contributed by atoms with Gasteiger partial charge in [-0.2, -0.15) is 0 Å². The van der Waals surface area contributed by atoms with Gasteiger partial charge in [0.05, 0.1) is 35.0 Å². The van der Waals surface area contributed by atoms with E-state index in [0.29, 0.717) is 40.4 Å². The Morgan fingerprint density at radius 3 is 2.25 bits per heavy atom. The van der Waals surface area contributed by atoms with E-state index in [9.17, 15) is 19.2 Å². The highest BCUT2D eigenvalue weighted by Gasteiger charge is 2.39. The zero-order chi connectivity index (χ0) is 25.4. The van der Waals surface area contributed by atoms with Crippen LogP contribution in [0.2, 0.25) is 0 Å². The van der Waals surface area contributed by atoms with Crippen LogP contribution < -0.4 is 19.3 Å². The third-order valence-corrected chi connectivity index (χ3v) is 6.34. The first kappa shape index (κ1) is 23.3. The van der Waals surface area contributed by atoms with Crippen molar-refractivity contribution in [2.24, 2.45) is 5.92 Å². The van der Waals surface area contributed by atoms with Gasteiger partial charge in [-0.15, -0.1) is 0 Å². The number of hydrogen-bond donors (Lipinski definition) is 0. The molecule has 0 aliphatic carbocycles.